The average Bonchev–Trinajstić information content (AvgIpc) is 3.10. The van der Waals surface area contributed by atoms with Crippen LogP contribution in [-0.2, 0) is 6.42 Å². The van der Waals surface area contributed by atoms with E-state index in [1.165, 1.54) is 0 Å². The van der Waals surface area contributed by atoms with Gasteiger partial charge in [0.25, 0.3) is 5.56 Å². The van der Waals surface area contributed by atoms with Gasteiger partial charge in [0.2, 0.25) is 0 Å². The minimum Gasteiger partial charge on any atom is -0.493 e. The molecule has 3 rings (SSSR count). The van der Waals surface area contributed by atoms with Crippen LogP contribution < -0.4 is 15.0 Å². The first-order chi connectivity index (χ1) is 12.1. The summed E-state index contributed by atoms with van der Waals surface area (Å²) in [6.07, 6.45) is 1.87. The second-order valence-corrected chi connectivity index (χ2v) is 8.30. The summed E-state index contributed by atoms with van der Waals surface area (Å²) in [5.41, 5.74) is 1.68. The van der Waals surface area contributed by atoms with Gasteiger partial charge in [-0.3, -0.25) is 9.36 Å². The van der Waals surface area contributed by atoms with Gasteiger partial charge in [0, 0.05) is 23.5 Å². The predicted octanol–water partition coefficient (Wildman–Crippen LogP) is 3.79. The van der Waals surface area contributed by atoms with Crippen molar-refractivity contribution in [3.63, 3.8) is 0 Å². The van der Waals surface area contributed by atoms with Gasteiger partial charge in [0.05, 0.1) is 30.5 Å². The van der Waals surface area contributed by atoms with E-state index in [2.05, 4.69) is 13.8 Å². The molecule has 0 saturated carbocycles. The smallest absolute Gasteiger partial charge is 0.272 e. The van der Waals surface area contributed by atoms with Crippen LogP contribution in [0.1, 0.15) is 26.0 Å². The maximum atomic E-state index is 13.1. The first kappa shape index (κ1) is 18.2. The molecule has 0 saturated heterocycles. The van der Waals surface area contributed by atoms with Crippen molar-refractivity contribution in [1.82, 2.24) is 9.55 Å². The van der Waals surface area contributed by atoms with E-state index in [0.29, 0.717) is 16.7 Å². The Morgan fingerprint density at radius 2 is 2.08 bits per heavy atom. The summed E-state index contributed by atoms with van der Waals surface area (Å²) in [6.45, 7) is 4.29. The number of hydrogen-bond acceptors (Lipinski definition) is 6. The SMILES string of the molecule is CC[C@@H](C)Sc1nc2c(c(=O)n1-c1ccc(OC)c(OC)c1)SCC2. The monoisotopic (exact) mass is 378 g/mol. The minimum atomic E-state index is 0.00511. The second-order valence-electron chi connectivity index (χ2n) is 5.79. The minimum absolute atomic E-state index is 0.00511. The van der Waals surface area contributed by atoms with Gasteiger partial charge in [0.15, 0.2) is 16.7 Å². The van der Waals surface area contributed by atoms with Gasteiger partial charge in [-0.1, -0.05) is 25.6 Å². The fourth-order valence-corrected chi connectivity index (χ4v) is 4.64. The number of nitrogens with zero attached hydrogens (tertiary/aromatic N) is 2. The number of hydrogen-bond donors (Lipinski definition) is 0. The molecule has 0 spiro atoms. The first-order valence-electron chi connectivity index (χ1n) is 8.26. The van der Waals surface area contributed by atoms with Crippen molar-refractivity contribution in [1.29, 1.82) is 0 Å². The van der Waals surface area contributed by atoms with Gasteiger partial charge in [-0.15, -0.1) is 11.8 Å². The summed E-state index contributed by atoms with van der Waals surface area (Å²) < 4.78 is 12.4. The number of benzene rings is 1. The molecular formula is C18H22N2O3S2. The van der Waals surface area contributed by atoms with E-state index in [0.717, 1.165) is 40.0 Å². The standard InChI is InChI=1S/C18H22N2O3S2/c1-5-11(2)25-18-19-13-8-9-24-16(13)17(21)20(18)12-6-7-14(22-3)15(10-12)23-4/h6-7,10-11H,5,8-9H2,1-4H3/t11-/m1/s1. The van der Waals surface area contributed by atoms with Crippen LogP contribution in [0.3, 0.4) is 0 Å². The molecular weight excluding hydrogens is 356 g/mol. The zero-order valence-electron chi connectivity index (χ0n) is 14.9. The fourth-order valence-electron chi connectivity index (χ4n) is 2.63. The number of aromatic nitrogens is 2. The number of ether oxygens (including phenoxy) is 2. The Hall–Kier alpha value is -1.60. The van der Waals surface area contributed by atoms with Crippen LogP contribution in [0.5, 0.6) is 11.5 Å². The second kappa shape index (κ2) is 7.74. The molecule has 0 bridgehead atoms. The predicted molar refractivity (Wildman–Crippen MR) is 103 cm³/mol. The molecule has 25 heavy (non-hydrogen) atoms. The van der Waals surface area contributed by atoms with Gasteiger partial charge < -0.3 is 9.47 Å². The Morgan fingerprint density at radius 3 is 2.76 bits per heavy atom. The Labute approximate surface area is 156 Å². The summed E-state index contributed by atoms with van der Waals surface area (Å²) >= 11 is 3.23. The molecule has 0 aliphatic carbocycles. The van der Waals surface area contributed by atoms with E-state index in [-0.39, 0.29) is 5.56 Å². The molecule has 2 heterocycles. The third-order valence-corrected chi connectivity index (χ3v) is 6.50. The van der Waals surface area contributed by atoms with Gasteiger partial charge in [-0.25, -0.2) is 4.98 Å². The fraction of sp³-hybridized carbons (Fsp3) is 0.444. The zero-order chi connectivity index (χ0) is 18.0. The van der Waals surface area contributed by atoms with E-state index in [1.807, 2.05) is 18.2 Å². The summed E-state index contributed by atoms with van der Waals surface area (Å²) in [4.78, 5) is 18.7. The van der Waals surface area contributed by atoms with Crippen molar-refractivity contribution in [3.8, 4) is 17.2 Å². The third kappa shape index (κ3) is 3.53. The van der Waals surface area contributed by atoms with Gasteiger partial charge in [-0.05, 0) is 18.6 Å². The van der Waals surface area contributed by atoms with Crippen molar-refractivity contribution < 1.29 is 9.47 Å². The first-order valence-corrected chi connectivity index (χ1v) is 10.1. The van der Waals surface area contributed by atoms with Crippen LogP contribution in [0.25, 0.3) is 5.69 Å². The molecule has 0 N–H and O–H groups in total. The van der Waals surface area contributed by atoms with Gasteiger partial charge in [-0.2, -0.15) is 0 Å². The molecule has 0 radical (unpaired) electrons. The largest absolute Gasteiger partial charge is 0.493 e. The van der Waals surface area contributed by atoms with E-state index < -0.39 is 0 Å². The van der Waals surface area contributed by atoms with Crippen molar-refractivity contribution in [2.75, 3.05) is 20.0 Å². The Balaban J connectivity index is 2.18. The topological polar surface area (TPSA) is 53.4 Å². The lowest BCUT2D eigenvalue weighted by Gasteiger charge is -2.17. The van der Waals surface area contributed by atoms with E-state index in [4.69, 9.17) is 14.5 Å². The number of aryl methyl sites for hydroxylation is 1. The highest BCUT2D eigenvalue weighted by Gasteiger charge is 2.23. The summed E-state index contributed by atoms with van der Waals surface area (Å²) in [7, 11) is 3.19. The zero-order valence-corrected chi connectivity index (χ0v) is 16.5. The maximum absolute atomic E-state index is 13.1. The highest BCUT2D eigenvalue weighted by molar-refractivity contribution is 8.00. The molecule has 134 valence electrons. The molecule has 1 aromatic heterocycles. The van der Waals surface area contributed by atoms with E-state index >= 15 is 0 Å². The normalized spacial score (nSPS) is 14.2. The molecule has 0 amide bonds. The molecule has 1 atom stereocenters. The molecule has 5 nitrogen and oxygen atoms in total. The molecule has 2 aromatic rings. The molecule has 7 heteroatoms. The summed E-state index contributed by atoms with van der Waals surface area (Å²) in [6, 6.07) is 5.52. The van der Waals surface area contributed by atoms with Crippen LogP contribution in [0, 0.1) is 0 Å². The summed E-state index contributed by atoms with van der Waals surface area (Å²) in [5.74, 6) is 2.15. The van der Waals surface area contributed by atoms with Crippen molar-refractivity contribution in [2.24, 2.45) is 0 Å². The lowest BCUT2D eigenvalue weighted by molar-refractivity contribution is 0.354. The molecule has 1 aliphatic rings. The van der Waals surface area contributed by atoms with Crippen LogP contribution in [-0.4, -0.2) is 34.8 Å². The van der Waals surface area contributed by atoms with E-state index in [1.54, 1.807) is 42.3 Å². The molecule has 0 unspecified atom stereocenters. The highest BCUT2D eigenvalue weighted by Crippen LogP contribution is 2.34. The Kier molecular flexibility index (Phi) is 5.64. The summed E-state index contributed by atoms with van der Waals surface area (Å²) in [5, 5.41) is 1.12. The van der Waals surface area contributed by atoms with E-state index in [9.17, 15) is 4.79 Å². The number of rotatable bonds is 6. The Morgan fingerprint density at radius 1 is 1.32 bits per heavy atom. The van der Waals surface area contributed by atoms with Crippen molar-refractivity contribution in [2.45, 2.75) is 42.0 Å². The number of methoxy groups -OCH3 is 2. The third-order valence-electron chi connectivity index (χ3n) is 4.17. The van der Waals surface area contributed by atoms with Crippen molar-refractivity contribution >= 4 is 23.5 Å². The van der Waals surface area contributed by atoms with Gasteiger partial charge in [0.1, 0.15) is 0 Å². The lowest BCUT2D eigenvalue weighted by atomic mass is 10.2. The lowest BCUT2D eigenvalue weighted by Crippen LogP contribution is -2.24. The van der Waals surface area contributed by atoms with Crippen LogP contribution in [0.4, 0.5) is 0 Å². The molecule has 1 aromatic carbocycles. The molecule has 0 fully saturated rings. The quantitative estimate of drug-likeness (QED) is 0.563. The van der Waals surface area contributed by atoms with Gasteiger partial charge >= 0.3 is 0 Å². The Bertz CT molecular complexity index is 836. The number of fused-ring (bicyclic) bond motifs is 1. The highest BCUT2D eigenvalue weighted by atomic mass is 32.2. The van der Waals surface area contributed by atoms with Crippen molar-refractivity contribution in [3.05, 3.63) is 34.2 Å². The van der Waals surface area contributed by atoms with Crippen LogP contribution >= 0.6 is 23.5 Å². The molecule has 1 aliphatic heterocycles. The average molecular weight is 379 g/mol. The number of thioether (sulfide) groups is 2. The van der Waals surface area contributed by atoms with Crippen LogP contribution in [0.15, 0.2) is 33.0 Å². The van der Waals surface area contributed by atoms with Crippen LogP contribution in [0.2, 0.25) is 0 Å². The maximum Gasteiger partial charge on any atom is 0.272 e.